The minimum atomic E-state index is -1.77. The third-order valence-corrected chi connectivity index (χ3v) is 10.7. The molecule has 1 aromatic heterocycles. The van der Waals surface area contributed by atoms with Gasteiger partial charge < -0.3 is 9.72 Å². The second-order valence-corrected chi connectivity index (χ2v) is 15.5. The van der Waals surface area contributed by atoms with Crippen LogP contribution in [0, 0.1) is 0 Å². The van der Waals surface area contributed by atoms with Crippen LogP contribution in [0.3, 0.4) is 0 Å². The van der Waals surface area contributed by atoms with Crippen molar-refractivity contribution >= 4 is 23.5 Å². The van der Waals surface area contributed by atoms with Gasteiger partial charge in [0, 0.05) is 19.4 Å². The number of amides is 3. The first kappa shape index (κ1) is 45.9. The maximum atomic E-state index is 13.9. The smallest absolute Gasteiger partial charge is 0.283 e. The van der Waals surface area contributed by atoms with Gasteiger partial charge in [-0.2, -0.15) is 0 Å². The lowest BCUT2D eigenvalue weighted by Gasteiger charge is -2.48. The monoisotopic (exact) mass is 730 g/mol. The van der Waals surface area contributed by atoms with Crippen LogP contribution in [-0.2, 0) is 14.3 Å². The Bertz CT molecular complexity index is 1080. The van der Waals surface area contributed by atoms with Crippen LogP contribution in [-0.4, -0.2) is 51.6 Å². The molecule has 2 heterocycles. The number of aromatic amines is 1. The number of imide groups is 1. The van der Waals surface area contributed by atoms with Crippen molar-refractivity contribution in [1.29, 1.82) is 0 Å². The second-order valence-electron chi connectivity index (χ2n) is 15.5. The van der Waals surface area contributed by atoms with Crippen molar-refractivity contribution in [3.8, 4) is 0 Å². The van der Waals surface area contributed by atoms with Gasteiger partial charge in [-0.05, 0) is 19.3 Å². The first-order valence-electron chi connectivity index (χ1n) is 22.0. The molecule has 1 aromatic rings. The maximum Gasteiger partial charge on any atom is 0.283 e. The molecule has 0 aromatic carbocycles. The molecule has 300 valence electrons. The molecule has 2 rings (SSSR count). The molecule has 0 spiro atoms. The van der Waals surface area contributed by atoms with Gasteiger partial charge in [0.2, 0.25) is 17.6 Å². The normalized spacial score (nSPS) is 15.8. The van der Waals surface area contributed by atoms with Crippen LogP contribution in [0.1, 0.15) is 230 Å². The molecule has 3 amide bonds. The van der Waals surface area contributed by atoms with Gasteiger partial charge in [0.15, 0.2) is 5.82 Å². The number of carbonyl (C=O) groups is 3. The molecule has 0 saturated heterocycles. The maximum absolute atomic E-state index is 13.9. The van der Waals surface area contributed by atoms with E-state index >= 15 is 0 Å². The van der Waals surface area contributed by atoms with Crippen LogP contribution in [0.5, 0.6) is 0 Å². The Kier molecular flexibility index (Phi) is 25.7. The summed E-state index contributed by atoms with van der Waals surface area (Å²) in [7, 11) is 0. The predicted octanol–water partition coefficient (Wildman–Crippen LogP) is 11.5. The highest BCUT2D eigenvalue weighted by Gasteiger charge is 2.54. The molecule has 3 N–H and O–H groups in total. The Balaban J connectivity index is 1.81. The predicted molar refractivity (Wildman–Crippen MR) is 215 cm³/mol. The van der Waals surface area contributed by atoms with Gasteiger partial charge in [0.25, 0.3) is 5.91 Å². The Labute approximate surface area is 318 Å². The minimum Gasteiger partial charge on any atom is -0.375 e. The van der Waals surface area contributed by atoms with E-state index in [-0.39, 0.29) is 42.8 Å². The number of H-pyrrole nitrogens is 1. The Hall–Kier alpha value is -2.26. The van der Waals surface area contributed by atoms with Crippen molar-refractivity contribution in [1.82, 2.24) is 14.9 Å². The molecule has 9 heteroatoms. The van der Waals surface area contributed by atoms with Gasteiger partial charge in [-0.1, -0.05) is 188 Å². The van der Waals surface area contributed by atoms with Crippen molar-refractivity contribution in [2.24, 2.45) is 5.73 Å². The number of aromatic nitrogens is 2. The van der Waals surface area contributed by atoms with Gasteiger partial charge >= 0.3 is 0 Å². The SMILES string of the molecule is CCCCCCCCCCCCCCCCC(=O)N1C(=O)c2[nH]cnc2N(C(=O)CCCCCCCCCCCCCCCC)C1(N)COCCC. The van der Waals surface area contributed by atoms with Crippen LogP contribution >= 0.6 is 0 Å². The number of hydrogen-bond acceptors (Lipinski definition) is 6. The fraction of sp³-hybridized carbons (Fsp3) is 0.860. The van der Waals surface area contributed by atoms with E-state index in [1.165, 1.54) is 146 Å². The highest BCUT2D eigenvalue weighted by molar-refractivity contribution is 6.12. The number of fused-ring (bicyclic) bond motifs is 1. The number of hydrogen-bond donors (Lipinski definition) is 2. The molecule has 9 nitrogen and oxygen atoms in total. The third-order valence-electron chi connectivity index (χ3n) is 10.7. The summed E-state index contributed by atoms with van der Waals surface area (Å²) in [6, 6.07) is 0. The van der Waals surface area contributed by atoms with Crippen LogP contribution in [0.2, 0.25) is 0 Å². The van der Waals surface area contributed by atoms with E-state index in [9.17, 15) is 14.4 Å². The van der Waals surface area contributed by atoms with E-state index in [1.54, 1.807) is 0 Å². The zero-order chi connectivity index (χ0) is 37.7. The first-order valence-corrected chi connectivity index (χ1v) is 22.0. The van der Waals surface area contributed by atoms with E-state index < -0.39 is 11.7 Å². The summed E-state index contributed by atoms with van der Waals surface area (Å²) in [5.41, 5.74) is 7.09. The van der Waals surface area contributed by atoms with E-state index in [4.69, 9.17) is 10.5 Å². The van der Waals surface area contributed by atoms with Gasteiger partial charge in [-0.15, -0.1) is 0 Å². The summed E-state index contributed by atoms with van der Waals surface area (Å²) >= 11 is 0. The lowest BCUT2D eigenvalue weighted by atomic mass is 10.0. The number of anilines is 1. The zero-order valence-corrected chi connectivity index (χ0v) is 34.0. The molecule has 1 aliphatic heterocycles. The molecule has 1 atom stereocenters. The molecular weight excluding hydrogens is 651 g/mol. The largest absolute Gasteiger partial charge is 0.375 e. The van der Waals surface area contributed by atoms with E-state index in [1.807, 2.05) is 6.92 Å². The molecule has 0 radical (unpaired) electrons. The van der Waals surface area contributed by atoms with Crippen LogP contribution < -0.4 is 10.6 Å². The van der Waals surface area contributed by atoms with Gasteiger partial charge in [-0.25, -0.2) is 9.88 Å². The Morgan fingerprint density at radius 3 is 1.35 bits per heavy atom. The Morgan fingerprint density at radius 1 is 0.596 bits per heavy atom. The fourth-order valence-electron chi connectivity index (χ4n) is 7.51. The highest BCUT2D eigenvalue weighted by Crippen LogP contribution is 2.35. The fourth-order valence-corrected chi connectivity index (χ4v) is 7.51. The summed E-state index contributed by atoms with van der Waals surface area (Å²) < 4.78 is 5.88. The van der Waals surface area contributed by atoms with Crippen molar-refractivity contribution < 1.29 is 19.1 Å². The number of rotatable bonds is 34. The van der Waals surface area contributed by atoms with Crippen molar-refractivity contribution in [2.75, 3.05) is 18.1 Å². The minimum absolute atomic E-state index is 0.125. The molecule has 0 saturated carbocycles. The van der Waals surface area contributed by atoms with E-state index in [2.05, 4.69) is 23.8 Å². The lowest BCUT2D eigenvalue weighted by Crippen LogP contribution is -2.76. The summed E-state index contributed by atoms with van der Waals surface area (Å²) in [5.74, 6) is -2.75. The molecule has 0 aliphatic carbocycles. The molecule has 1 aliphatic rings. The topological polar surface area (TPSA) is 122 Å². The number of imidazole rings is 1. The lowest BCUT2D eigenvalue weighted by molar-refractivity contribution is -0.138. The van der Waals surface area contributed by atoms with Crippen LogP contribution in [0.15, 0.2) is 6.33 Å². The number of ether oxygens (including phenoxy) is 1. The van der Waals surface area contributed by atoms with Crippen LogP contribution in [0.25, 0.3) is 0 Å². The third kappa shape index (κ3) is 17.3. The molecule has 0 bridgehead atoms. The summed E-state index contributed by atoms with van der Waals surface area (Å²) in [4.78, 5) is 51.1. The molecular formula is C43H79N5O4. The average molecular weight is 730 g/mol. The summed E-state index contributed by atoms with van der Waals surface area (Å²) in [5, 5.41) is 0. The van der Waals surface area contributed by atoms with Gasteiger partial charge in [0.05, 0.1) is 6.33 Å². The first-order chi connectivity index (χ1) is 25.4. The van der Waals surface area contributed by atoms with Crippen molar-refractivity contribution in [3.63, 3.8) is 0 Å². The van der Waals surface area contributed by atoms with Crippen molar-refractivity contribution in [3.05, 3.63) is 12.0 Å². The summed E-state index contributed by atoms with van der Waals surface area (Å²) in [6.07, 6.45) is 37.1. The number of carbonyl (C=O) groups excluding carboxylic acids is 3. The second kappa shape index (κ2) is 29.1. The number of unbranched alkanes of at least 4 members (excludes halogenated alkanes) is 26. The standard InChI is InChI=1S/C43H79N5O4/c1-4-7-9-11-13-15-17-19-21-23-25-27-29-31-33-38(49)47-41-40(45-37-46-41)42(51)48(43(47,44)36-52-35-6-3)39(50)34-32-30-28-26-24-22-20-18-16-14-12-10-8-5-2/h37H,4-36,44H2,1-3H3,(H,45,46). The molecule has 1 unspecified atom stereocenters. The van der Waals surface area contributed by atoms with Gasteiger partial charge in [0.1, 0.15) is 12.3 Å². The van der Waals surface area contributed by atoms with Gasteiger partial charge in [-0.3, -0.25) is 25.0 Å². The molecule has 52 heavy (non-hydrogen) atoms. The van der Waals surface area contributed by atoms with Crippen molar-refractivity contribution in [2.45, 2.75) is 226 Å². The summed E-state index contributed by atoms with van der Waals surface area (Å²) in [6.45, 7) is 6.76. The number of nitrogens with zero attached hydrogens (tertiary/aromatic N) is 3. The van der Waals surface area contributed by atoms with E-state index in [0.717, 1.165) is 49.8 Å². The van der Waals surface area contributed by atoms with E-state index in [0.29, 0.717) is 13.0 Å². The quantitative estimate of drug-likeness (QED) is 0.0681. The molecule has 0 fully saturated rings. The highest BCUT2D eigenvalue weighted by atomic mass is 16.5. The average Bonchev–Trinajstić information content (AvgIpc) is 3.61. The number of nitrogens with one attached hydrogen (secondary N) is 1. The zero-order valence-electron chi connectivity index (χ0n) is 34.0. The number of nitrogens with two attached hydrogens (primary N) is 1. The van der Waals surface area contributed by atoms with Crippen LogP contribution in [0.4, 0.5) is 5.82 Å². The Morgan fingerprint density at radius 2 is 0.962 bits per heavy atom.